The minimum Gasteiger partial charge on any atom is -0.350 e. The number of allylic oxidation sites excluding steroid dienone is 2. The molecule has 2 rings (SSSR count). The molecule has 0 bridgehead atoms. The second-order valence-corrected chi connectivity index (χ2v) is 4.96. The first-order valence-electron chi connectivity index (χ1n) is 5.24. The Labute approximate surface area is 89.6 Å². The molecule has 0 radical (unpaired) electrons. The molecule has 0 aromatic rings. The molecular weight excluding hydrogens is 190 g/mol. The van der Waals surface area contributed by atoms with E-state index < -0.39 is 6.03 Å². The standard InChI is InChI=1S/C11H17N3O/c1-6-4-5-7-8(6)9(11(7,2)3)13-14-10(12)15/h4,7-8H,5H2,1-3H3,(H3,12,14,15). The van der Waals surface area contributed by atoms with Crippen molar-refractivity contribution in [3.63, 3.8) is 0 Å². The fourth-order valence-electron chi connectivity index (χ4n) is 2.83. The molecule has 4 heteroatoms. The van der Waals surface area contributed by atoms with Crippen molar-refractivity contribution in [3.05, 3.63) is 11.6 Å². The molecule has 2 aliphatic carbocycles. The van der Waals surface area contributed by atoms with Gasteiger partial charge in [-0.1, -0.05) is 25.5 Å². The van der Waals surface area contributed by atoms with Crippen molar-refractivity contribution in [1.82, 2.24) is 5.43 Å². The molecule has 4 nitrogen and oxygen atoms in total. The molecule has 1 fully saturated rings. The monoisotopic (exact) mass is 207 g/mol. The van der Waals surface area contributed by atoms with Crippen LogP contribution in [0.5, 0.6) is 0 Å². The van der Waals surface area contributed by atoms with Crippen molar-refractivity contribution >= 4 is 11.7 Å². The molecule has 82 valence electrons. The highest BCUT2D eigenvalue weighted by molar-refractivity contribution is 6.01. The number of rotatable bonds is 1. The van der Waals surface area contributed by atoms with E-state index in [1.54, 1.807) is 0 Å². The van der Waals surface area contributed by atoms with Gasteiger partial charge in [0, 0.05) is 11.3 Å². The summed E-state index contributed by atoms with van der Waals surface area (Å²) in [5.41, 5.74) is 9.85. The molecule has 3 N–H and O–H groups in total. The van der Waals surface area contributed by atoms with E-state index in [0.29, 0.717) is 11.8 Å². The van der Waals surface area contributed by atoms with Gasteiger partial charge in [-0.05, 0) is 19.3 Å². The van der Waals surface area contributed by atoms with Crippen LogP contribution in [0.15, 0.2) is 16.8 Å². The maximum atomic E-state index is 10.6. The van der Waals surface area contributed by atoms with Gasteiger partial charge in [-0.2, -0.15) is 5.10 Å². The Balaban J connectivity index is 2.21. The third-order valence-corrected chi connectivity index (χ3v) is 3.75. The van der Waals surface area contributed by atoms with Crippen molar-refractivity contribution in [2.45, 2.75) is 27.2 Å². The number of nitrogens with zero attached hydrogens (tertiary/aromatic N) is 1. The molecule has 0 aromatic carbocycles. The van der Waals surface area contributed by atoms with Crippen molar-refractivity contribution in [1.29, 1.82) is 0 Å². The number of primary amides is 1. The Bertz CT molecular complexity index is 368. The van der Waals surface area contributed by atoms with Crippen molar-refractivity contribution < 1.29 is 4.79 Å². The second-order valence-electron chi connectivity index (χ2n) is 4.96. The van der Waals surface area contributed by atoms with E-state index in [0.717, 1.165) is 12.1 Å². The summed E-state index contributed by atoms with van der Waals surface area (Å²) in [4.78, 5) is 10.6. The average Bonchev–Trinajstić information content (AvgIpc) is 2.45. The molecule has 0 aromatic heterocycles. The normalized spacial score (nSPS) is 34.3. The van der Waals surface area contributed by atoms with Gasteiger partial charge in [0.1, 0.15) is 0 Å². The van der Waals surface area contributed by atoms with Crippen LogP contribution in [0.3, 0.4) is 0 Å². The first-order valence-corrected chi connectivity index (χ1v) is 5.24. The lowest BCUT2D eigenvalue weighted by Crippen LogP contribution is -2.53. The number of hydrogen-bond donors (Lipinski definition) is 2. The lowest BCUT2D eigenvalue weighted by atomic mass is 9.54. The smallest absolute Gasteiger partial charge is 0.332 e. The van der Waals surface area contributed by atoms with Gasteiger partial charge in [0.25, 0.3) is 0 Å². The van der Waals surface area contributed by atoms with Gasteiger partial charge in [-0.15, -0.1) is 0 Å². The summed E-state index contributed by atoms with van der Waals surface area (Å²) in [7, 11) is 0. The van der Waals surface area contributed by atoms with Crippen LogP contribution in [0.1, 0.15) is 27.2 Å². The Morgan fingerprint density at radius 3 is 2.93 bits per heavy atom. The zero-order valence-corrected chi connectivity index (χ0v) is 9.37. The van der Waals surface area contributed by atoms with Gasteiger partial charge >= 0.3 is 6.03 Å². The SMILES string of the molecule is CC1=CCC2C1C(=NNC(N)=O)C2(C)C. The number of carbonyl (C=O) groups excluding carboxylic acids is 1. The highest BCUT2D eigenvalue weighted by Crippen LogP contribution is 2.56. The summed E-state index contributed by atoms with van der Waals surface area (Å²) in [5, 5.41) is 4.13. The molecular formula is C11H17N3O. The first-order chi connectivity index (χ1) is 6.94. The third kappa shape index (κ3) is 1.35. The fourth-order valence-corrected chi connectivity index (χ4v) is 2.83. The summed E-state index contributed by atoms with van der Waals surface area (Å²) in [6, 6.07) is -0.596. The van der Waals surface area contributed by atoms with Crippen molar-refractivity contribution in [2.75, 3.05) is 0 Å². The van der Waals surface area contributed by atoms with Gasteiger partial charge in [0.15, 0.2) is 0 Å². The average molecular weight is 207 g/mol. The zero-order valence-electron chi connectivity index (χ0n) is 9.37. The van der Waals surface area contributed by atoms with Crippen LogP contribution in [0.4, 0.5) is 4.79 Å². The van der Waals surface area contributed by atoms with Crippen LogP contribution < -0.4 is 11.2 Å². The largest absolute Gasteiger partial charge is 0.350 e. The predicted octanol–water partition coefficient (Wildman–Crippen LogP) is 1.63. The number of hydrazone groups is 1. The van der Waals surface area contributed by atoms with E-state index in [1.165, 1.54) is 5.57 Å². The Morgan fingerprint density at radius 2 is 2.33 bits per heavy atom. The maximum absolute atomic E-state index is 10.6. The predicted molar refractivity (Wildman–Crippen MR) is 59.3 cm³/mol. The minimum absolute atomic E-state index is 0.0847. The van der Waals surface area contributed by atoms with Gasteiger partial charge < -0.3 is 5.73 Å². The molecule has 2 aliphatic rings. The molecule has 15 heavy (non-hydrogen) atoms. The quantitative estimate of drug-likeness (QED) is 0.498. The van der Waals surface area contributed by atoms with Crippen LogP contribution in [-0.2, 0) is 0 Å². The molecule has 0 saturated heterocycles. The van der Waals surface area contributed by atoms with Gasteiger partial charge in [0.2, 0.25) is 0 Å². The lowest BCUT2D eigenvalue weighted by molar-refractivity contribution is 0.206. The molecule has 0 spiro atoms. The van der Waals surface area contributed by atoms with E-state index in [2.05, 4.69) is 37.4 Å². The number of urea groups is 1. The van der Waals surface area contributed by atoms with E-state index in [4.69, 9.17) is 5.73 Å². The number of hydrogen-bond acceptors (Lipinski definition) is 2. The number of nitrogens with two attached hydrogens (primary N) is 1. The maximum Gasteiger partial charge on any atom is 0.332 e. The third-order valence-electron chi connectivity index (χ3n) is 3.75. The van der Waals surface area contributed by atoms with Crippen molar-refractivity contribution in [3.8, 4) is 0 Å². The van der Waals surface area contributed by atoms with Gasteiger partial charge in [-0.3, -0.25) is 0 Å². The molecule has 2 atom stereocenters. The molecule has 2 amide bonds. The van der Waals surface area contributed by atoms with Crippen LogP contribution in [0.2, 0.25) is 0 Å². The van der Waals surface area contributed by atoms with Crippen LogP contribution in [-0.4, -0.2) is 11.7 Å². The van der Waals surface area contributed by atoms with Crippen LogP contribution in [0, 0.1) is 17.3 Å². The highest BCUT2D eigenvalue weighted by atomic mass is 16.2. The van der Waals surface area contributed by atoms with Gasteiger partial charge in [-0.25, -0.2) is 10.2 Å². The minimum atomic E-state index is -0.596. The van der Waals surface area contributed by atoms with Gasteiger partial charge in [0.05, 0.1) is 5.71 Å². The molecule has 1 saturated carbocycles. The second kappa shape index (κ2) is 3.08. The number of carbonyl (C=O) groups is 1. The highest BCUT2D eigenvalue weighted by Gasteiger charge is 2.55. The molecule has 0 heterocycles. The summed E-state index contributed by atoms with van der Waals surface area (Å²) in [6.45, 7) is 6.46. The molecule has 2 unspecified atom stereocenters. The summed E-state index contributed by atoms with van der Waals surface area (Å²) in [6.07, 6.45) is 3.39. The first kappa shape index (κ1) is 10.2. The Hall–Kier alpha value is -1.32. The van der Waals surface area contributed by atoms with E-state index in [9.17, 15) is 4.79 Å². The summed E-state index contributed by atoms with van der Waals surface area (Å²) >= 11 is 0. The molecule has 0 aliphatic heterocycles. The number of nitrogens with one attached hydrogen (secondary N) is 1. The zero-order chi connectivity index (χ0) is 11.2. The van der Waals surface area contributed by atoms with Crippen LogP contribution in [0.25, 0.3) is 0 Å². The van der Waals surface area contributed by atoms with E-state index in [-0.39, 0.29) is 5.41 Å². The van der Waals surface area contributed by atoms with E-state index in [1.807, 2.05) is 0 Å². The Morgan fingerprint density at radius 1 is 1.67 bits per heavy atom. The lowest BCUT2D eigenvalue weighted by Gasteiger charge is -2.50. The van der Waals surface area contributed by atoms with Crippen molar-refractivity contribution in [2.24, 2.45) is 28.1 Å². The van der Waals surface area contributed by atoms with E-state index >= 15 is 0 Å². The summed E-state index contributed by atoms with van der Waals surface area (Å²) < 4.78 is 0. The Kier molecular flexibility index (Phi) is 2.10. The number of fused-ring (bicyclic) bond motifs is 1. The topological polar surface area (TPSA) is 67.5 Å². The van der Waals surface area contributed by atoms with Crippen LogP contribution >= 0.6 is 0 Å². The number of amides is 2. The fraction of sp³-hybridized carbons (Fsp3) is 0.636. The summed E-state index contributed by atoms with van der Waals surface area (Å²) in [5.74, 6) is 1.07.